The fourth-order valence-corrected chi connectivity index (χ4v) is 2.30. The van der Waals surface area contributed by atoms with Gasteiger partial charge < -0.3 is 19.9 Å². The van der Waals surface area contributed by atoms with E-state index < -0.39 is 0 Å². The number of nitrogens with one attached hydrogen (secondary N) is 1. The van der Waals surface area contributed by atoms with Crippen molar-refractivity contribution in [1.29, 1.82) is 0 Å². The molecule has 1 aliphatic rings. The van der Waals surface area contributed by atoms with Crippen molar-refractivity contribution >= 4 is 21.9 Å². The second-order valence-corrected chi connectivity index (χ2v) is 4.87. The third kappa shape index (κ3) is 2.76. The molecular formula is C12H14BrNO4. The van der Waals surface area contributed by atoms with E-state index in [0.29, 0.717) is 29.8 Å². The topological polar surface area (TPSA) is 67.8 Å². The highest BCUT2D eigenvalue weighted by Gasteiger charge is 2.25. The lowest BCUT2D eigenvalue weighted by Gasteiger charge is -2.11. The lowest BCUT2D eigenvalue weighted by atomic mass is 10.1. The molecule has 0 radical (unpaired) electrons. The summed E-state index contributed by atoms with van der Waals surface area (Å²) in [4.78, 5) is 11.3. The fraction of sp³-hybridized carbons (Fsp3) is 0.417. The van der Waals surface area contributed by atoms with Crippen LogP contribution in [0.15, 0.2) is 16.6 Å². The van der Waals surface area contributed by atoms with Crippen molar-refractivity contribution in [2.45, 2.75) is 19.0 Å². The van der Waals surface area contributed by atoms with Gasteiger partial charge in [0.25, 0.3) is 0 Å². The number of esters is 1. The maximum Gasteiger partial charge on any atom is 0.323 e. The molecule has 98 valence electrons. The molecule has 2 N–H and O–H groups in total. The molecule has 0 saturated carbocycles. The van der Waals surface area contributed by atoms with Crippen LogP contribution >= 0.6 is 15.9 Å². The van der Waals surface area contributed by atoms with Gasteiger partial charge in [0.2, 0.25) is 0 Å². The lowest BCUT2D eigenvalue weighted by Crippen LogP contribution is -2.32. The molecule has 0 spiro atoms. The maximum atomic E-state index is 11.3. The van der Waals surface area contributed by atoms with Crippen LogP contribution in [0.4, 0.5) is 0 Å². The number of aromatic hydroxyl groups is 1. The maximum absolute atomic E-state index is 11.3. The minimum Gasteiger partial charge on any atom is -0.503 e. The summed E-state index contributed by atoms with van der Waals surface area (Å²) >= 11 is 3.25. The van der Waals surface area contributed by atoms with Crippen molar-refractivity contribution in [2.75, 3.05) is 13.7 Å². The molecule has 0 aromatic heterocycles. The highest BCUT2D eigenvalue weighted by atomic mass is 79.9. The van der Waals surface area contributed by atoms with Crippen LogP contribution in [0.1, 0.15) is 12.0 Å². The van der Waals surface area contributed by atoms with E-state index in [4.69, 9.17) is 9.47 Å². The Balaban J connectivity index is 2.05. The molecule has 0 bridgehead atoms. The third-order valence-electron chi connectivity index (χ3n) is 2.80. The van der Waals surface area contributed by atoms with Gasteiger partial charge in [-0.2, -0.15) is 0 Å². The molecule has 18 heavy (non-hydrogen) atoms. The number of ether oxygens (including phenoxy) is 2. The van der Waals surface area contributed by atoms with E-state index in [-0.39, 0.29) is 17.8 Å². The van der Waals surface area contributed by atoms with Gasteiger partial charge >= 0.3 is 5.97 Å². The Kier molecular flexibility index (Phi) is 4.08. The number of cyclic esters (lactones) is 1. The summed E-state index contributed by atoms with van der Waals surface area (Å²) < 4.78 is 10.5. The minimum atomic E-state index is -0.247. The molecule has 1 saturated heterocycles. The van der Waals surface area contributed by atoms with Crippen molar-refractivity contribution < 1.29 is 19.4 Å². The van der Waals surface area contributed by atoms with Gasteiger partial charge in [-0.25, -0.2) is 0 Å². The number of phenolic OH excluding ortho intramolecular Hbond substituents is 1. The SMILES string of the molecule is COc1cc(CNC2CCOC2=O)cc(Br)c1O. The van der Waals surface area contributed by atoms with Crippen molar-refractivity contribution in [3.8, 4) is 11.5 Å². The van der Waals surface area contributed by atoms with E-state index in [2.05, 4.69) is 21.2 Å². The molecule has 0 amide bonds. The first-order valence-corrected chi connectivity index (χ1v) is 6.36. The van der Waals surface area contributed by atoms with E-state index in [0.717, 1.165) is 5.56 Å². The number of carbonyl (C=O) groups excluding carboxylic acids is 1. The van der Waals surface area contributed by atoms with Crippen LogP contribution in [0.25, 0.3) is 0 Å². The van der Waals surface area contributed by atoms with E-state index in [1.807, 2.05) is 0 Å². The first-order chi connectivity index (χ1) is 8.61. The van der Waals surface area contributed by atoms with E-state index in [1.54, 1.807) is 12.1 Å². The second-order valence-electron chi connectivity index (χ2n) is 4.02. The van der Waals surface area contributed by atoms with Gasteiger partial charge in [0.05, 0.1) is 18.2 Å². The fourth-order valence-electron chi connectivity index (χ4n) is 1.81. The summed E-state index contributed by atoms with van der Waals surface area (Å²) in [6, 6.07) is 3.27. The van der Waals surface area contributed by atoms with Crippen LogP contribution in [-0.4, -0.2) is 30.8 Å². The number of methoxy groups -OCH3 is 1. The van der Waals surface area contributed by atoms with Crippen molar-refractivity contribution in [3.05, 3.63) is 22.2 Å². The van der Waals surface area contributed by atoms with Crippen LogP contribution in [0, 0.1) is 0 Å². The quantitative estimate of drug-likeness (QED) is 0.825. The van der Waals surface area contributed by atoms with Crippen molar-refractivity contribution in [1.82, 2.24) is 5.32 Å². The number of hydrogen-bond acceptors (Lipinski definition) is 5. The average molecular weight is 316 g/mol. The Morgan fingerprint density at radius 3 is 3.00 bits per heavy atom. The van der Waals surface area contributed by atoms with Crippen molar-refractivity contribution in [2.24, 2.45) is 0 Å². The molecular weight excluding hydrogens is 302 g/mol. The zero-order valence-electron chi connectivity index (χ0n) is 9.90. The Morgan fingerprint density at radius 1 is 1.61 bits per heavy atom. The zero-order valence-corrected chi connectivity index (χ0v) is 11.5. The first kappa shape index (κ1) is 13.2. The molecule has 1 aromatic rings. The molecule has 5 nitrogen and oxygen atoms in total. The lowest BCUT2D eigenvalue weighted by molar-refractivity contribution is -0.139. The van der Waals surface area contributed by atoms with Crippen LogP contribution in [0.2, 0.25) is 0 Å². The number of phenols is 1. The van der Waals surface area contributed by atoms with Gasteiger partial charge in [-0.05, 0) is 33.6 Å². The highest BCUT2D eigenvalue weighted by molar-refractivity contribution is 9.10. The number of hydrogen-bond donors (Lipinski definition) is 2. The number of halogens is 1. The summed E-state index contributed by atoms with van der Waals surface area (Å²) in [5.41, 5.74) is 0.913. The van der Waals surface area contributed by atoms with Gasteiger partial charge in [-0.3, -0.25) is 4.79 Å². The molecule has 6 heteroatoms. The molecule has 1 heterocycles. The summed E-state index contributed by atoms with van der Waals surface area (Å²) in [6.45, 7) is 0.980. The Bertz CT molecular complexity index is 464. The molecule has 1 aliphatic heterocycles. The van der Waals surface area contributed by atoms with E-state index >= 15 is 0 Å². The van der Waals surface area contributed by atoms with Gasteiger partial charge in [0.1, 0.15) is 6.04 Å². The van der Waals surface area contributed by atoms with Gasteiger partial charge in [0, 0.05) is 13.0 Å². The molecule has 1 atom stereocenters. The van der Waals surface area contributed by atoms with Gasteiger partial charge in [0.15, 0.2) is 11.5 Å². The van der Waals surface area contributed by atoms with Crippen LogP contribution in [0.3, 0.4) is 0 Å². The molecule has 0 aliphatic carbocycles. The zero-order chi connectivity index (χ0) is 13.1. The Labute approximate surface area is 113 Å². The van der Waals surface area contributed by atoms with Crippen LogP contribution < -0.4 is 10.1 Å². The number of rotatable bonds is 4. The smallest absolute Gasteiger partial charge is 0.323 e. The van der Waals surface area contributed by atoms with Gasteiger partial charge in [-0.15, -0.1) is 0 Å². The summed E-state index contributed by atoms with van der Waals surface area (Å²) in [6.07, 6.45) is 0.690. The first-order valence-electron chi connectivity index (χ1n) is 5.57. The predicted molar refractivity (Wildman–Crippen MR) is 68.6 cm³/mol. The molecule has 1 aromatic carbocycles. The minimum absolute atomic E-state index is 0.0709. The molecule has 1 unspecified atom stereocenters. The van der Waals surface area contributed by atoms with Gasteiger partial charge in [-0.1, -0.05) is 0 Å². The van der Waals surface area contributed by atoms with Crippen LogP contribution in [-0.2, 0) is 16.1 Å². The molecule has 2 rings (SSSR count). The Hall–Kier alpha value is -1.27. The second kappa shape index (κ2) is 5.58. The molecule has 1 fully saturated rings. The van der Waals surface area contributed by atoms with Crippen LogP contribution in [0.5, 0.6) is 11.5 Å². The van der Waals surface area contributed by atoms with E-state index in [9.17, 15) is 9.90 Å². The summed E-state index contributed by atoms with van der Waals surface area (Å²) in [5.74, 6) is 0.261. The third-order valence-corrected chi connectivity index (χ3v) is 3.40. The highest BCUT2D eigenvalue weighted by Crippen LogP contribution is 2.35. The normalized spacial score (nSPS) is 18.8. The van der Waals surface area contributed by atoms with E-state index in [1.165, 1.54) is 7.11 Å². The number of benzene rings is 1. The Morgan fingerprint density at radius 2 is 2.39 bits per heavy atom. The largest absolute Gasteiger partial charge is 0.503 e. The van der Waals surface area contributed by atoms with Crippen molar-refractivity contribution in [3.63, 3.8) is 0 Å². The number of carbonyl (C=O) groups is 1. The average Bonchev–Trinajstić information content (AvgIpc) is 2.76. The summed E-state index contributed by atoms with van der Waals surface area (Å²) in [5, 5.41) is 12.8. The monoisotopic (exact) mass is 315 g/mol. The summed E-state index contributed by atoms with van der Waals surface area (Å²) in [7, 11) is 1.49. The standard InChI is InChI=1S/C12H14BrNO4/c1-17-10-5-7(4-8(13)11(10)15)6-14-9-2-3-18-12(9)16/h4-5,9,14-15H,2-3,6H2,1H3. The predicted octanol–water partition coefficient (Wildman–Crippen LogP) is 1.57.